The number of halogens is 3. The van der Waals surface area contributed by atoms with Crippen molar-refractivity contribution in [2.45, 2.75) is 13.5 Å². The lowest BCUT2D eigenvalue weighted by Crippen LogP contribution is -2.13. The first-order valence-electron chi connectivity index (χ1n) is 9.92. The molecule has 33 heavy (non-hydrogen) atoms. The Kier molecular flexibility index (Phi) is 8.62. The van der Waals surface area contributed by atoms with Crippen LogP contribution >= 0.6 is 34.8 Å². The van der Waals surface area contributed by atoms with Gasteiger partial charge in [0.1, 0.15) is 18.2 Å². The Balaban J connectivity index is 1.86. The summed E-state index contributed by atoms with van der Waals surface area (Å²) < 4.78 is 11.6. The summed E-state index contributed by atoms with van der Waals surface area (Å²) in [5.74, 6) is 0.149. The van der Waals surface area contributed by atoms with Crippen LogP contribution < -0.4 is 14.8 Å². The molecule has 3 rings (SSSR count). The van der Waals surface area contributed by atoms with Crippen LogP contribution in [0.15, 0.2) is 66.2 Å². The third kappa shape index (κ3) is 6.66. The van der Waals surface area contributed by atoms with E-state index in [1.807, 2.05) is 43.3 Å². The number of nitrogens with one attached hydrogen (secondary N) is 1. The molecule has 168 valence electrons. The second kappa shape index (κ2) is 11.6. The Morgan fingerprint density at radius 3 is 2.48 bits per heavy atom. The average Bonchev–Trinajstić information content (AvgIpc) is 2.80. The summed E-state index contributed by atoms with van der Waals surface area (Å²) in [6.45, 7) is 2.52. The lowest BCUT2D eigenvalue weighted by molar-refractivity contribution is -0.112. The van der Waals surface area contributed by atoms with Crippen molar-refractivity contribution in [3.05, 3.63) is 92.4 Å². The number of carbonyl (C=O) groups excluding carboxylic acids is 1. The Bertz CT molecular complexity index is 1220. The predicted octanol–water partition coefficient (Wildman–Crippen LogP) is 7.17. The smallest absolute Gasteiger partial charge is 0.266 e. The van der Waals surface area contributed by atoms with Gasteiger partial charge in [0.05, 0.1) is 22.3 Å². The first-order chi connectivity index (χ1) is 15.9. The van der Waals surface area contributed by atoms with Crippen LogP contribution in [-0.2, 0) is 11.4 Å². The van der Waals surface area contributed by atoms with Gasteiger partial charge in [-0.15, -0.1) is 0 Å². The largest absolute Gasteiger partial charge is 0.490 e. The van der Waals surface area contributed by atoms with Crippen LogP contribution in [0.5, 0.6) is 11.5 Å². The second-order valence-corrected chi connectivity index (χ2v) is 8.04. The van der Waals surface area contributed by atoms with Crippen molar-refractivity contribution >= 4 is 52.5 Å². The minimum atomic E-state index is -0.639. The summed E-state index contributed by atoms with van der Waals surface area (Å²) in [5.41, 5.74) is 1.62. The third-order valence-corrected chi connectivity index (χ3v) is 5.26. The van der Waals surface area contributed by atoms with Crippen molar-refractivity contribution in [1.29, 1.82) is 5.26 Å². The van der Waals surface area contributed by atoms with Crippen LogP contribution in [0.1, 0.15) is 18.1 Å². The fraction of sp³-hybridized carbons (Fsp3) is 0.120. The molecule has 0 aliphatic carbocycles. The quantitative estimate of drug-likeness (QED) is 0.262. The van der Waals surface area contributed by atoms with Crippen LogP contribution in [0.4, 0.5) is 5.69 Å². The van der Waals surface area contributed by atoms with E-state index in [4.69, 9.17) is 44.3 Å². The molecule has 0 fully saturated rings. The maximum atomic E-state index is 12.6. The molecule has 0 radical (unpaired) electrons. The summed E-state index contributed by atoms with van der Waals surface area (Å²) in [6, 6.07) is 19.4. The van der Waals surface area contributed by atoms with Crippen molar-refractivity contribution in [3.63, 3.8) is 0 Å². The molecule has 0 aromatic heterocycles. The van der Waals surface area contributed by atoms with Crippen LogP contribution in [-0.4, -0.2) is 12.5 Å². The Morgan fingerprint density at radius 1 is 1.03 bits per heavy atom. The fourth-order valence-corrected chi connectivity index (χ4v) is 3.51. The molecular weight excluding hydrogens is 483 g/mol. The predicted molar refractivity (Wildman–Crippen MR) is 132 cm³/mol. The van der Waals surface area contributed by atoms with Gasteiger partial charge in [0, 0.05) is 5.02 Å². The van der Waals surface area contributed by atoms with Gasteiger partial charge < -0.3 is 14.8 Å². The number of hydrogen-bond donors (Lipinski definition) is 1. The van der Waals surface area contributed by atoms with Crippen LogP contribution in [0.3, 0.4) is 0 Å². The molecule has 0 aliphatic rings. The van der Waals surface area contributed by atoms with Gasteiger partial charge in [-0.25, -0.2) is 0 Å². The van der Waals surface area contributed by atoms with E-state index in [0.717, 1.165) is 5.56 Å². The number of ether oxygens (including phenoxy) is 2. The molecule has 0 bridgehead atoms. The molecule has 3 aromatic rings. The number of carbonyl (C=O) groups is 1. The lowest BCUT2D eigenvalue weighted by Gasteiger charge is -2.15. The molecule has 8 heteroatoms. The monoisotopic (exact) mass is 500 g/mol. The number of benzene rings is 3. The summed E-state index contributed by atoms with van der Waals surface area (Å²) in [5, 5.41) is 13.1. The van der Waals surface area contributed by atoms with Crippen molar-refractivity contribution in [2.75, 3.05) is 11.9 Å². The Labute approximate surface area is 207 Å². The van der Waals surface area contributed by atoms with Crippen molar-refractivity contribution in [1.82, 2.24) is 0 Å². The Hall–Kier alpha value is -3.17. The van der Waals surface area contributed by atoms with Crippen molar-refractivity contribution in [2.24, 2.45) is 0 Å². The standard InChI is InChI=1S/C25H19Cl3N2O3/c1-2-32-23-12-17(11-21(28)24(23)33-15-16-6-4-3-5-7-16)10-18(14-29)25(31)30-22-13-19(26)8-9-20(22)27/h3-13H,2,15H2,1H3,(H,30,31)/b18-10+. The van der Waals surface area contributed by atoms with Crippen LogP contribution in [0, 0.1) is 11.3 Å². The highest BCUT2D eigenvalue weighted by Crippen LogP contribution is 2.38. The van der Waals surface area contributed by atoms with Gasteiger partial charge in [-0.3, -0.25) is 4.79 Å². The minimum absolute atomic E-state index is 0.150. The zero-order chi connectivity index (χ0) is 23.8. The van der Waals surface area contributed by atoms with E-state index in [2.05, 4.69) is 5.32 Å². The zero-order valence-electron chi connectivity index (χ0n) is 17.6. The van der Waals surface area contributed by atoms with E-state index in [1.165, 1.54) is 12.1 Å². The maximum Gasteiger partial charge on any atom is 0.266 e. The van der Waals surface area contributed by atoms with Gasteiger partial charge in [-0.2, -0.15) is 5.26 Å². The molecular formula is C25H19Cl3N2O3. The van der Waals surface area contributed by atoms with E-state index in [1.54, 1.807) is 24.3 Å². The number of nitrogens with zero attached hydrogens (tertiary/aromatic N) is 1. The van der Waals surface area contributed by atoms with E-state index in [9.17, 15) is 10.1 Å². The van der Waals surface area contributed by atoms with Gasteiger partial charge in [-0.1, -0.05) is 65.1 Å². The van der Waals surface area contributed by atoms with Gasteiger partial charge in [0.2, 0.25) is 0 Å². The number of rotatable bonds is 8. The molecule has 5 nitrogen and oxygen atoms in total. The van der Waals surface area contributed by atoms with E-state index in [0.29, 0.717) is 51.0 Å². The maximum absolute atomic E-state index is 12.6. The summed E-state index contributed by atoms with van der Waals surface area (Å²) in [7, 11) is 0. The number of hydrogen-bond acceptors (Lipinski definition) is 4. The fourth-order valence-electron chi connectivity index (χ4n) is 2.90. The highest BCUT2D eigenvalue weighted by Gasteiger charge is 2.16. The zero-order valence-corrected chi connectivity index (χ0v) is 19.8. The molecule has 3 aromatic carbocycles. The lowest BCUT2D eigenvalue weighted by atomic mass is 10.1. The highest BCUT2D eigenvalue weighted by molar-refractivity contribution is 6.36. The molecule has 0 atom stereocenters. The molecule has 0 heterocycles. The summed E-state index contributed by atoms with van der Waals surface area (Å²) in [6.07, 6.45) is 1.41. The van der Waals surface area contributed by atoms with Gasteiger partial charge >= 0.3 is 0 Å². The molecule has 0 unspecified atom stereocenters. The normalized spacial score (nSPS) is 10.9. The molecule has 0 saturated carbocycles. The first-order valence-corrected chi connectivity index (χ1v) is 11.1. The van der Waals surface area contributed by atoms with E-state index >= 15 is 0 Å². The van der Waals surface area contributed by atoms with E-state index < -0.39 is 5.91 Å². The first kappa shape index (κ1) is 24.5. The summed E-state index contributed by atoms with van der Waals surface area (Å²) >= 11 is 18.5. The highest BCUT2D eigenvalue weighted by atomic mass is 35.5. The number of nitriles is 1. The van der Waals surface area contributed by atoms with Crippen LogP contribution in [0.25, 0.3) is 6.08 Å². The average molecular weight is 502 g/mol. The third-order valence-electron chi connectivity index (χ3n) is 4.41. The number of anilines is 1. The topological polar surface area (TPSA) is 71.3 Å². The minimum Gasteiger partial charge on any atom is -0.490 e. The number of amides is 1. The Morgan fingerprint density at radius 2 is 1.79 bits per heavy atom. The molecule has 1 amide bonds. The van der Waals surface area contributed by atoms with Crippen molar-refractivity contribution in [3.8, 4) is 17.6 Å². The van der Waals surface area contributed by atoms with Crippen molar-refractivity contribution < 1.29 is 14.3 Å². The molecule has 1 N–H and O–H groups in total. The van der Waals surface area contributed by atoms with Gasteiger partial charge in [0.15, 0.2) is 11.5 Å². The summed E-state index contributed by atoms with van der Waals surface area (Å²) in [4.78, 5) is 12.6. The molecule has 0 spiro atoms. The van der Waals surface area contributed by atoms with E-state index in [-0.39, 0.29) is 5.57 Å². The van der Waals surface area contributed by atoms with Gasteiger partial charge in [0.25, 0.3) is 5.91 Å². The second-order valence-electron chi connectivity index (χ2n) is 6.79. The molecule has 0 saturated heterocycles. The molecule has 0 aliphatic heterocycles. The SMILES string of the molecule is CCOc1cc(/C=C(\C#N)C(=O)Nc2cc(Cl)ccc2Cl)cc(Cl)c1OCc1ccccc1. The van der Waals surface area contributed by atoms with Gasteiger partial charge in [-0.05, 0) is 54.5 Å². The van der Waals surface area contributed by atoms with Crippen LogP contribution in [0.2, 0.25) is 15.1 Å².